The summed E-state index contributed by atoms with van der Waals surface area (Å²) in [5.41, 5.74) is 2.20. The molecule has 0 saturated heterocycles. The van der Waals surface area contributed by atoms with Crippen molar-refractivity contribution in [1.29, 1.82) is 0 Å². The van der Waals surface area contributed by atoms with Crippen LogP contribution in [0.15, 0.2) is 57.0 Å². The van der Waals surface area contributed by atoms with E-state index in [-0.39, 0.29) is 4.21 Å². The molecule has 0 amide bonds. The van der Waals surface area contributed by atoms with Gasteiger partial charge in [0, 0.05) is 6.54 Å². The Morgan fingerprint density at radius 1 is 1.35 bits per heavy atom. The van der Waals surface area contributed by atoms with Crippen LogP contribution in [-0.2, 0) is 23.0 Å². The molecule has 0 spiro atoms. The van der Waals surface area contributed by atoms with E-state index in [2.05, 4.69) is 30.0 Å². The molecule has 0 atom stereocenters. The number of nitrogens with zero attached hydrogens (tertiary/aromatic N) is 2. The quantitative estimate of drug-likeness (QED) is 0.647. The van der Waals surface area contributed by atoms with Crippen LogP contribution < -0.4 is 4.80 Å². The summed E-state index contributed by atoms with van der Waals surface area (Å²) in [6.07, 6.45) is 2.69. The fourth-order valence-corrected chi connectivity index (χ4v) is 5.55. The molecule has 0 unspecified atom stereocenters. The van der Waals surface area contributed by atoms with Gasteiger partial charge in [-0.25, -0.2) is 0 Å². The van der Waals surface area contributed by atoms with Gasteiger partial charge in [0.05, 0.1) is 10.2 Å². The molecule has 120 valence electrons. The number of aryl methyl sites for hydroxylation is 1. The van der Waals surface area contributed by atoms with Crippen molar-refractivity contribution >= 4 is 42.9 Å². The molecule has 1 aromatic carbocycles. The van der Waals surface area contributed by atoms with E-state index < -0.39 is 10.0 Å². The van der Waals surface area contributed by atoms with Gasteiger partial charge in [0.25, 0.3) is 10.0 Å². The highest BCUT2D eigenvalue weighted by molar-refractivity contribution is 7.92. The molecule has 0 aliphatic heterocycles. The number of benzene rings is 1. The molecule has 0 radical (unpaired) electrons. The number of hydrogen-bond donors (Lipinski definition) is 0. The van der Waals surface area contributed by atoms with Crippen molar-refractivity contribution < 1.29 is 8.42 Å². The Hall–Kier alpha value is -1.70. The average molecular weight is 365 g/mol. The van der Waals surface area contributed by atoms with Gasteiger partial charge in [-0.05, 0) is 35.6 Å². The number of rotatable bonds is 5. The van der Waals surface area contributed by atoms with E-state index in [0.717, 1.165) is 16.6 Å². The number of aromatic nitrogens is 1. The maximum atomic E-state index is 12.4. The van der Waals surface area contributed by atoms with E-state index in [1.165, 1.54) is 28.2 Å². The van der Waals surface area contributed by atoms with Crippen LogP contribution in [0.2, 0.25) is 0 Å². The van der Waals surface area contributed by atoms with Gasteiger partial charge in [-0.3, -0.25) is 0 Å². The first-order chi connectivity index (χ1) is 11.0. The lowest BCUT2D eigenvalue weighted by Crippen LogP contribution is -2.16. The van der Waals surface area contributed by atoms with E-state index >= 15 is 0 Å². The zero-order valence-corrected chi connectivity index (χ0v) is 15.0. The summed E-state index contributed by atoms with van der Waals surface area (Å²) < 4.78 is 32.1. The first kappa shape index (κ1) is 16.2. The van der Waals surface area contributed by atoms with Crippen molar-refractivity contribution in [2.45, 2.75) is 24.1 Å². The minimum absolute atomic E-state index is 0.259. The van der Waals surface area contributed by atoms with Crippen molar-refractivity contribution in [3.05, 3.63) is 58.7 Å². The third-order valence-electron chi connectivity index (χ3n) is 3.41. The highest BCUT2D eigenvalue weighted by Crippen LogP contribution is 2.22. The molecule has 7 heteroatoms. The summed E-state index contributed by atoms with van der Waals surface area (Å²) in [6.45, 7) is 6.37. The van der Waals surface area contributed by atoms with Crippen LogP contribution in [0, 0.1) is 0 Å². The molecule has 0 saturated carbocycles. The lowest BCUT2D eigenvalue weighted by molar-refractivity contribution is 0.598. The first-order valence-corrected chi connectivity index (χ1v) is 10.3. The van der Waals surface area contributed by atoms with Gasteiger partial charge >= 0.3 is 0 Å². The first-order valence-electron chi connectivity index (χ1n) is 7.13. The van der Waals surface area contributed by atoms with Gasteiger partial charge in [-0.2, -0.15) is 8.42 Å². The summed E-state index contributed by atoms with van der Waals surface area (Å²) in [5.74, 6) is 0. The Bertz CT molecular complexity index is 1010. The predicted octanol–water partition coefficient (Wildman–Crippen LogP) is 3.80. The number of hydrogen-bond acceptors (Lipinski definition) is 4. The second kappa shape index (κ2) is 6.43. The summed E-state index contributed by atoms with van der Waals surface area (Å²) >= 11 is 2.57. The predicted molar refractivity (Wildman–Crippen MR) is 96.5 cm³/mol. The molecule has 23 heavy (non-hydrogen) atoms. The average Bonchev–Trinajstić information content (AvgIpc) is 3.16. The summed E-state index contributed by atoms with van der Waals surface area (Å²) in [5, 5.41) is 1.73. The van der Waals surface area contributed by atoms with Crippen LogP contribution in [0.5, 0.6) is 0 Å². The molecule has 0 N–H and O–H groups in total. The van der Waals surface area contributed by atoms with Gasteiger partial charge in [-0.1, -0.05) is 36.5 Å². The third-order valence-corrected chi connectivity index (χ3v) is 7.21. The van der Waals surface area contributed by atoms with Gasteiger partial charge in [-0.15, -0.1) is 22.3 Å². The van der Waals surface area contributed by atoms with Crippen molar-refractivity contribution in [1.82, 2.24) is 4.57 Å². The van der Waals surface area contributed by atoms with E-state index in [1.807, 2.05) is 10.6 Å². The zero-order chi connectivity index (χ0) is 16.4. The Morgan fingerprint density at radius 3 is 2.83 bits per heavy atom. The Balaban J connectivity index is 2.25. The van der Waals surface area contributed by atoms with Crippen LogP contribution in [0.4, 0.5) is 0 Å². The van der Waals surface area contributed by atoms with Crippen LogP contribution in [0.1, 0.15) is 12.5 Å². The smallest absolute Gasteiger partial charge is 0.294 e. The Labute approximate surface area is 143 Å². The number of thiophene rings is 1. The number of thiazole rings is 1. The van der Waals surface area contributed by atoms with Crippen LogP contribution in [-0.4, -0.2) is 13.0 Å². The summed E-state index contributed by atoms with van der Waals surface area (Å²) in [4.78, 5) is 0.474. The lowest BCUT2D eigenvalue weighted by Gasteiger charge is -2.02. The topological polar surface area (TPSA) is 51.4 Å². The Kier molecular flexibility index (Phi) is 4.52. The normalized spacial score (nSPS) is 12.8. The molecule has 0 aliphatic carbocycles. The molecule has 2 aromatic heterocycles. The molecule has 0 fully saturated rings. The van der Waals surface area contributed by atoms with Crippen LogP contribution in [0.3, 0.4) is 0 Å². The van der Waals surface area contributed by atoms with Gasteiger partial charge in [0.2, 0.25) is 4.80 Å². The molecule has 4 nitrogen and oxygen atoms in total. The molecule has 0 aliphatic rings. The van der Waals surface area contributed by atoms with Gasteiger partial charge in [0.15, 0.2) is 0 Å². The second-order valence-electron chi connectivity index (χ2n) is 4.94. The molecular weight excluding hydrogens is 348 g/mol. The van der Waals surface area contributed by atoms with Crippen molar-refractivity contribution in [2.75, 3.05) is 0 Å². The maximum absolute atomic E-state index is 12.4. The SMILES string of the molecule is C=CCn1c(=NS(=O)(=O)c2cccs2)sc2cc(CC)ccc21. The summed E-state index contributed by atoms with van der Waals surface area (Å²) in [7, 11) is -3.68. The van der Waals surface area contributed by atoms with Gasteiger partial charge in [0.1, 0.15) is 4.21 Å². The fourth-order valence-electron chi connectivity index (χ4n) is 2.27. The van der Waals surface area contributed by atoms with Crippen molar-refractivity contribution in [3.8, 4) is 0 Å². The largest absolute Gasteiger partial charge is 0.312 e. The highest BCUT2D eigenvalue weighted by Gasteiger charge is 2.15. The van der Waals surface area contributed by atoms with Crippen LogP contribution in [0.25, 0.3) is 10.2 Å². The van der Waals surface area contributed by atoms with Crippen molar-refractivity contribution in [3.63, 3.8) is 0 Å². The Morgan fingerprint density at radius 2 is 2.17 bits per heavy atom. The molecule has 0 bridgehead atoms. The maximum Gasteiger partial charge on any atom is 0.294 e. The zero-order valence-electron chi connectivity index (χ0n) is 12.6. The number of sulfonamides is 1. The third kappa shape index (κ3) is 3.17. The molecular formula is C16H16N2O2S3. The summed E-state index contributed by atoms with van der Waals surface area (Å²) in [6, 6.07) is 9.46. The standard InChI is InChI=1S/C16H16N2O2S3/c1-3-9-18-13-8-7-12(4-2)11-14(13)22-16(18)17-23(19,20)15-6-5-10-21-15/h3,5-8,10-11H,1,4,9H2,2H3. The monoisotopic (exact) mass is 364 g/mol. The molecule has 3 rings (SSSR count). The molecule has 2 heterocycles. The van der Waals surface area contributed by atoms with Gasteiger partial charge < -0.3 is 4.57 Å². The van der Waals surface area contributed by atoms with E-state index in [4.69, 9.17) is 0 Å². The number of fused-ring (bicyclic) bond motifs is 1. The second-order valence-corrected chi connectivity index (χ2v) is 8.73. The van der Waals surface area contributed by atoms with Crippen LogP contribution >= 0.6 is 22.7 Å². The minimum atomic E-state index is -3.68. The van der Waals surface area contributed by atoms with E-state index in [9.17, 15) is 8.42 Å². The minimum Gasteiger partial charge on any atom is -0.312 e. The fraction of sp³-hybridized carbons (Fsp3) is 0.188. The van der Waals surface area contributed by atoms with E-state index in [1.54, 1.807) is 23.6 Å². The van der Waals surface area contributed by atoms with E-state index in [0.29, 0.717) is 11.3 Å². The number of allylic oxidation sites excluding steroid dienone is 1. The van der Waals surface area contributed by atoms with Crippen molar-refractivity contribution in [2.24, 2.45) is 4.40 Å². The highest BCUT2D eigenvalue weighted by atomic mass is 32.2. The lowest BCUT2D eigenvalue weighted by atomic mass is 10.2. The molecule has 3 aromatic rings.